The van der Waals surface area contributed by atoms with Gasteiger partial charge < -0.3 is 5.73 Å². The number of thiophene rings is 1. The molecule has 0 unspecified atom stereocenters. The zero-order valence-corrected chi connectivity index (χ0v) is 12.6. The monoisotopic (exact) mass is 307 g/mol. The largest absolute Gasteiger partial charge is 0.398 e. The van der Waals surface area contributed by atoms with Crippen molar-refractivity contribution >= 4 is 32.0 Å². The fraction of sp³-hybridized carbons (Fsp3) is 0.154. The molecule has 1 aromatic carbocycles. The van der Waals surface area contributed by atoms with Crippen LogP contribution < -0.4 is 10.5 Å². The van der Waals surface area contributed by atoms with Crippen LogP contribution in [0, 0.1) is 25.2 Å². The standard InChI is InChI=1S/C13H13N3O2S2/c1-8-5-11(6-12(15)9(8)2)20(17,18)16-13-10(7-14)3-4-19-13/h3-6,16H,15H2,1-2H3. The van der Waals surface area contributed by atoms with E-state index in [1.54, 1.807) is 24.4 Å². The second-order valence-electron chi connectivity index (χ2n) is 4.34. The number of benzene rings is 1. The van der Waals surface area contributed by atoms with Gasteiger partial charge in [-0.1, -0.05) is 0 Å². The Bertz CT molecular complexity index is 778. The number of hydrogen-bond acceptors (Lipinski definition) is 5. The van der Waals surface area contributed by atoms with E-state index in [-0.39, 0.29) is 4.90 Å². The lowest BCUT2D eigenvalue weighted by Crippen LogP contribution is -2.13. The van der Waals surface area contributed by atoms with Crippen LogP contribution in [0.15, 0.2) is 28.5 Å². The fourth-order valence-corrected chi connectivity index (χ4v) is 3.85. The molecule has 0 aliphatic rings. The number of nitriles is 1. The summed E-state index contributed by atoms with van der Waals surface area (Å²) < 4.78 is 27.0. The minimum Gasteiger partial charge on any atom is -0.398 e. The molecule has 0 aliphatic carbocycles. The first-order chi connectivity index (χ1) is 9.35. The predicted octanol–water partition coefficient (Wildman–Crippen LogP) is 2.62. The van der Waals surface area contributed by atoms with Gasteiger partial charge >= 0.3 is 0 Å². The lowest BCUT2D eigenvalue weighted by atomic mass is 10.1. The van der Waals surface area contributed by atoms with Crippen molar-refractivity contribution in [3.63, 3.8) is 0 Å². The summed E-state index contributed by atoms with van der Waals surface area (Å²) in [5.41, 5.74) is 8.20. The van der Waals surface area contributed by atoms with E-state index >= 15 is 0 Å². The highest BCUT2D eigenvalue weighted by atomic mass is 32.2. The number of aryl methyl sites for hydroxylation is 1. The molecular weight excluding hydrogens is 294 g/mol. The molecule has 0 saturated carbocycles. The van der Waals surface area contributed by atoms with Gasteiger partial charge in [0.2, 0.25) is 0 Å². The summed E-state index contributed by atoms with van der Waals surface area (Å²) in [6.07, 6.45) is 0. The third-order valence-electron chi connectivity index (χ3n) is 3.00. The molecule has 2 aromatic rings. The zero-order valence-electron chi connectivity index (χ0n) is 11.0. The van der Waals surface area contributed by atoms with E-state index in [2.05, 4.69) is 4.72 Å². The Morgan fingerprint density at radius 2 is 2.05 bits per heavy atom. The zero-order chi connectivity index (χ0) is 14.9. The Kier molecular flexibility index (Phi) is 3.70. The van der Waals surface area contributed by atoms with Crippen LogP contribution in [0.4, 0.5) is 10.7 Å². The van der Waals surface area contributed by atoms with Gasteiger partial charge in [0.25, 0.3) is 10.0 Å². The van der Waals surface area contributed by atoms with Gasteiger partial charge in [-0.2, -0.15) is 5.26 Å². The smallest absolute Gasteiger partial charge is 0.262 e. The minimum absolute atomic E-state index is 0.0930. The summed E-state index contributed by atoms with van der Waals surface area (Å²) in [5.74, 6) is 0. The summed E-state index contributed by atoms with van der Waals surface area (Å²) >= 11 is 1.16. The summed E-state index contributed by atoms with van der Waals surface area (Å²) in [4.78, 5) is 0.0930. The molecule has 5 nitrogen and oxygen atoms in total. The highest BCUT2D eigenvalue weighted by molar-refractivity contribution is 7.93. The molecule has 1 heterocycles. The molecule has 0 bridgehead atoms. The third kappa shape index (κ3) is 2.61. The van der Waals surface area contributed by atoms with Crippen molar-refractivity contribution < 1.29 is 8.42 Å². The molecular formula is C13H13N3O2S2. The Balaban J connectivity index is 2.44. The van der Waals surface area contributed by atoms with Crippen LogP contribution in [0.5, 0.6) is 0 Å². The second kappa shape index (κ2) is 5.15. The lowest BCUT2D eigenvalue weighted by molar-refractivity contribution is 0.601. The lowest BCUT2D eigenvalue weighted by Gasteiger charge is -2.10. The van der Waals surface area contributed by atoms with E-state index in [0.29, 0.717) is 16.3 Å². The van der Waals surface area contributed by atoms with Crippen LogP contribution in [-0.2, 0) is 10.0 Å². The molecule has 0 amide bonds. The van der Waals surface area contributed by atoms with Crippen LogP contribution >= 0.6 is 11.3 Å². The average Bonchev–Trinajstić information content (AvgIpc) is 2.81. The van der Waals surface area contributed by atoms with Crippen LogP contribution in [0.3, 0.4) is 0 Å². The molecule has 1 aromatic heterocycles. The van der Waals surface area contributed by atoms with Crippen molar-refractivity contribution in [1.29, 1.82) is 5.26 Å². The van der Waals surface area contributed by atoms with Gasteiger partial charge in [-0.15, -0.1) is 11.3 Å². The van der Waals surface area contributed by atoms with E-state index in [4.69, 9.17) is 11.0 Å². The van der Waals surface area contributed by atoms with Crippen molar-refractivity contribution in [3.05, 3.63) is 40.3 Å². The molecule has 2 rings (SSSR count). The number of nitrogen functional groups attached to an aromatic ring is 1. The first-order valence-corrected chi connectivity index (χ1v) is 8.08. The van der Waals surface area contributed by atoms with Crippen LogP contribution in [0.2, 0.25) is 0 Å². The maximum atomic E-state index is 12.3. The highest BCUT2D eigenvalue weighted by Crippen LogP contribution is 2.27. The molecule has 104 valence electrons. The Morgan fingerprint density at radius 3 is 2.65 bits per heavy atom. The van der Waals surface area contributed by atoms with Gasteiger partial charge in [0.1, 0.15) is 11.1 Å². The summed E-state index contributed by atoms with van der Waals surface area (Å²) in [6.45, 7) is 3.64. The van der Waals surface area contributed by atoms with Crippen molar-refractivity contribution in [2.45, 2.75) is 18.7 Å². The van der Waals surface area contributed by atoms with Crippen molar-refractivity contribution in [3.8, 4) is 6.07 Å². The number of rotatable bonds is 3. The summed E-state index contributed by atoms with van der Waals surface area (Å²) in [7, 11) is -3.75. The molecule has 7 heteroatoms. The van der Waals surface area contributed by atoms with Crippen LogP contribution in [0.1, 0.15) is 16.7 Å². The van der Waals surface area contributed by atoms with Gasteiger partial charge in [-0.25, -0.2) is 8.42 Å². The summed E-state index contributed by atoms with van der Waals surface area (Å²) in [6, 6.07) is 6.49. The minimum atomic E-state index is -3.75. The number of nitrogens with two attached hydrogens (primary N) is 1. The Morgan fingerprint density at radius 1 is 1.35 bits per heavy atom. The van der Waals surface area contributed by atoms with Gasteiger partial charge in [0.15, 0.2) is 0 Å². The number of hydrogen-bond donors (Lipinski definition) is 2. The average molecular weight is 307 g/mol. The molecule has 0 saturated heterocycles. The van der Waals surface area contributed by atoms with E-state index in [1.165, 1.54) is 6.07 Å². The maximum absolute atomic E-state index is 12.3. The molecule has 3 N–H and O–H groups in total. The van der Waals surface area contributed by atoms with E-state index in [1.807, 2.05) is 13.0 Å². The van der Waals surface area contributed by atoms with Crippen LogP contribution in [0.25, 0.3) is 0 Å². The topological polar surface area (TPSA) is 96.0 Å². The van der Waals surface area contributed by atoms with Crippen molar-refractivity contribution in [2.24, 2.45) is 0 Å². The van der Waals surface area contributed by atoms with Crippen LogP contribution in [-0.4, -0.2) is 8.42 Å². The highest BCUT2D eigenvalue weighted by Gasteiger charge is 2.18. The number of nitrogens with one attached hydrogen (secondary N) is 1. The SMILES string of the molecule is Cc1cc(S(=O)(=O)Nc2sccc2C#N)cc(N)c1C. The first-order valence-electron chi connectivity index (χ1n) is 5.72. The van der Waals surface area contributed by atoms with E-state index in [9.17, 15) is 8.42 Å². The first kappa shape index (κ1) is 14.4. The number of nitrogens with zero attached hydrogens (tertiary/aromatic N) is 1. The van der Waals surface area contributed by atoms with Gasteiger partial charge in [-0.3, -0.25) is 4.72 Å². The Hall–Kier alpha value is -2.04. The number of sulfonamides is 1. The molecule has 0 spiro atoms. The van der Waals surface area contributed by atoms with Crippen molar-refractivity contribution in [2.75, 3.05) is 10.5 Å². The summed E-state index contributed by atoms with van der Waals surface area (Å²) in [5, 5.41) is 10.9. The third-order valence-corrected chi connectivity index (χ3v) is 5.29. The van der Waals surface area contributed by atoms with Gasteiger partial charge in [0, 0.05) is 5.69 Å². The molecule has 20 heavy (non-hydrogen) atoms. The van der Waals surface area contributed by atoms with E-state index in [0.717, 1.165) is 22.5 Å². The molecule has 0 radical (unpaired) electrons. The maximum Gasteiger partial charge on any atom is 0.262 e. The molecule has 0 atom stereocenters. The second-order valence-corrected chi connectivity index (χ2v) is 6.93. The quantitative estimate of drug-likeness (QED) is 0.852. The fourth-order valence-electron chi connectivity index (χ4n) is 1.66. The van der Waals surface area contributed by atoms with Crippen molar-refractivity contribution in [1.82, 2.24) is 0 Å². The van der Waals surface area contributed by atoms with Gasteiger partial charge in [0.05, 0.1) is 10.5 Å². The van der Waals surface area contributed by atoms with E-state index < -0.39 is 10.0 Å². The molecule has 0 aliphatic heterocycles. The Labute approximate surface area is 121 Å². The number of anilines is 2. The normalized spacial score (nSPS) is 11.1. The molecule has 0 fully saturated rings. The van der Waals surface area contributed by atoms with Gasteiger partial charge in [-0.05, 0) is 48.6 Å². The predicted molar refractivity (Wildman–Crippen MR) is 80.2 cm³/mol.